The zero-order valence-electron chi connectivity index (χ0n) is 25.7. The molecule has 0 bridgehead atoms. The maximum Gasteiger partial charge on any atom is 0.286 e. The van der Waals surface area contributed by atoms with Crippen LogP contribution >= 0.6 is 7.59 Å². The molecule has 1 unspecified atom stereocenters. The molecular formula is C29H52N3O7P. The quantitative estimate of drug-likeness (QED) is 0.130. The third-order valence-corrected chi connectivity index (χ3v) is 10.1. The van der Waals surface area contributed by atoms with Crippen LogP contribution in [0.25, 0.3) is 0 Å². The van der Waals surface area contributed by atoms with E-state index in [1.54, 1.807) is 20.9 Å². The highest BCUT2D eigenvalue weighted by molar-refractivity contribution is 7.56. The Hall–Kier alpha value is -1.87. The molecule has 0 heterocycles. The first-order valence-electron chi connectivity index (χ1n) is 14.7. The predicted molar refractivity (Wildman–Crippen MR) is 157 cm³/mol. The van der Waals surface area contributed by atoms with Gasteiger partial charge in [-0.1, -0.05) is 20.8 Å². The van der Waals surface area contributed by atoms with E-state index in [-0.39, 0.29) is 112 Å². The molecule has 230 valence electrons. The van der Waals surface area contributed by atoms with Crippen molar-refractivity contribution in [1.29, 1.82) is 0 Å². The number of rotatable bonds is 26. The van der Waals surface area contributed by atoms with Crippen molar-refractivity contribution in [3.63, 3.8) is 0 Å². The van der Waals surface area contributed by atoms with Crippen LogP contribution in [0.5, 0.6) is 0 Å². The second kappa shape index (κ2) is 20.9. The SMILES string of the molecule is CCCC(=O)CCN(CCC(=O)CCC)P(=O)(N(CCC(C)=O)CCC(C)=O)N(CCC(C)=O)CCC(=O)CC. The van der Waals surface area contributed by atoms with Crippen LogP contribution in [0, 0.1) is 0 Å². The van der Waals surface area contributed by atoms with Gasteiger partial charge in [0.25, 0.3) is 7.59 Å². The molecule has 0 aromatic heterocycles. The fourth-order valence-corrected chi connectivity index (χ4v) is 7.50. The minimum atomic E-state index is -3.85. The Labute approximate surface area is 241 Å². The topological polar surface area (TPSA) is 129 Å². The van der Waals surface area contributed by atoms with Gasteiger partial charge in [0.2, 0.25) is 0 Å². The van der Waals surface area contributed by atoms with Crippen LogP contribution in [0.1, 0.15) is 112 Å². The van der Waals surface area contributed by atoms with Gasteiger partial charge in [-0.15, -0.1) is 0 Å². The number of Topliss-reactive ketones (excluding diaryl/α,β-unsaturated/α-hetero) is 6. The molecule has 11 heteroatoms. The van der Waals surface area contributed by atoms with Gasteiger partial charge in [-0.05, 0) is 33.6 Å². The van der Waals surface area contributed by atoms with E-state index in [9.17, 15) is 28.8 Å². The average molecular weight is 586 g/mol. The number of ketones is 6. The van der Waals surface area contributed by atoms with Gasteiger partial charge in [0.05, 0.1) is 0 Å². The lowest BCUT2D eigenvalue weighted by Gasteiger charge is -2.45. The van der Waals surface area contributed by atoms with Gasteiger partial charge in [-0.3, -0.25) is 33.3 Å². The van der Waals surface area contributed by atoms with Crippen molar-refractivity contribution < 1.29 is 33.3 Å². The lowest BCUT2D eigenvalue weighted by molar-refractivity contribution is -0.120. The molecular weight excluding hydrogens is 533 g/mol. The summed E-state index contributed by atoms with van der Waals surface area (Å²) in [4.78, 5) is 73.5. The molecule has 0 amide bonds. The zero-order chi connectivity index (χ0) is 30.7. The van der Waals surface area contributed by atoms with E-state index in [2.05, 4.69) is 0 Å². The van der Waals surface area contributed by atoms with Crippen LogP contribution < -0.4 is 0 Å². The maximum absolute atomic E-state index is 15.5. The number of carbonyl (C=O) groups excluding carboxylic acids is 6. The summed E-state index contributed by atoms with van der Waals surface area (Å²) in [6.07, 6.45) is 3.07. The third-order valence-electron chi connectivity index (χ3n) is 6.67. The smallest absolute Gasteiger partial charge is 0.286 e. The first kappa shape index (κ1) is 38.1. The van der Waals surface area contributed by atoms with E-state index in [1.165, 1.54) is 20.8 Å². The summed E-state index contributed by atoms with van der Waals surface area (Å²) in [5, 5.41) is 0. The van der Waals surface area contributed by atoms with Gasteiger partial charge < -0.3 is 0 Å². The zero-order valence-corrected chi connectivity index (χ0v) is 26.6. The van der Waals surface area contributed by atoms with Gasteiger partial charge >= 0.3 is 0 Å². The van der Waals surface area contributed by atoms with Crippen molar-refractivity contribution in [2.24, 2.45) is 0 Å². The molecule has 0 aliphatic carbocycles. The minimum absolute atomic E-state index is 0.00871. The number of hydrogen-bond donors (Lipinski definition) is 0. The van der Waals surface area contributed by atoms with Gasteiger partial charge in [0, 0.05) is 97.1 Å². The molecule has 0 fully saturated rings. The highest BCUT2D eigenvalue weighted by atomic mass is 31.2. The van der Waals surface area contributed by atoms with Crippen LogP contribution in [0.3, 0.4) is 0 Å². The fraction of sp³-hybridized carbons (Fsp3) is 0.793. The Bertz CT molecular complexity index is 866. The molecule has 0 aromatic carbocycles. The molecule has 0 radical (unpaired) electrons. The molecule has 0 aromatic rings. The summed E-state index contributed by atoms with van der Waals surface area (Å²) < 4.78 is 20.4. The van der Waals surface area contributed by atoms with E-state index < -0.39 is 7.59 Å². The standard InChI is InChI=1S/C29H52N3O7P/c1-7-10-28(37)16-22-32(23-17-29(38)11-8-2)40(39,30(18-12-24(4)33)19-13-25(5)34)31(20-14-26(6)35)21-15-27(36)9-3/h7-23H2,1-6H3. The van der Waals surface area contributed by atoms with Crippen LogP contribution in [0.4, 0.5) is 0 Å². The molecule has 0 rings (SSSR count). The highest BCUT2D eigenvalue weighted by Crippen LogP contribution is 2.57. The van der Waals surface area contributed by atoms with Crippen molar-refractivity contribution >= 4 is 42.3 Å². The lowest BCUT2D eigenvalue weighted by Crippen LogP contribution is -2.45. The van der Waals surface area contributed by atoms with E-state index in [0.29, 0.717) is 32.1 Å². The van der Waals surface area contributed by atoms with Crippen molar-refractivity contribution in [3.05, 3.63) is 0 Å². The summed E-state index contributed by atoms with van der Waals surface area (Å²) in [5.41, 5.74) is 0. The Morgan fingerprint density at radius 3 is 0.975 bits per heavy atom. The summed E-state index contributed by atoms with van der Waals surface area (Å²) in [6.45, 7) is 10.5. The van der Waals surface area contributed by atoms with Crippen LogP contribution in [-0.4, -0.2) is 88.0 Å². The van der Waals surface area contributed by atoms with Gasteiger partial charge in [-0.25, -0.2) is 14.0 Å². The fourth-order valence-electron chi connectivity index (χ4n) is 4.26. The molecule has 1 atom stereocenters. The molecule has 0 N–H and O–H groups in total. The van der Waals surface area contributed by atoms with E-state index in [1.807, 2.05) is 13.8 Å². The maximum atomic E-state index is 15.5. The molecule has 0 saturated carbocycles. The summed E-state index contributed by atoms with van der Waals surface area (Å²) in [7, 11) is -3.85. The second-order valence-electron chi connectivity index (χ2n) is 10.4. The number of nitrogens with zero attached hydrogens (tertiary/aromatic N) is 3. The summed E-state index contributed by atoms with van der Waals surface area (Å²) in [6, 6.07) is 0. The minimum Gasteiger partial charge on any atom is -0.300 e. The predicted octanol–water partition coefficient (Wildman–Crippen LogP) is 4.83. The van der Waals surface area contributed by atoms with E-state index in [4.69, 9.17) is 0 Å². The molecule has 40 heavy (non-hydrogen) atoms. The van der Waals surface area contributed by atoms with Gasteiger partial charge in [0.15, 0.2) is 0 Å². The van der Waals surface area contributed by atoms with Crippen molar-refractivity contribution in [1.82, 2.24) is 14.0 Å². The second-order valence-corrected chi connectivity index (χ2v) is 13.2. The lowest BCUT2D eigenvalue weighted by atomic mass is 10.1. The van der Waals surface area contributed by atoms with Crippen molar-refractivity contribution in [3.8, 4) is 0 Å². The Morgan fingerprint density at radius 1 is 0.450 bits per heavy atom. The third kappa shape index (κ3) is 15.2. The first-order valence-corrected chi connectivity index (χ1v) is 16.3. The normalized spacial score (nSPS) is 13.0. The molecule has 0 aliphatic heterocycles. The van der Waals surface area contributed by atoms with Crippen LogP contribution in [-0.2, 0) is 33.3 Å². The Kier molecular flexibility index (Phi) is 19.9. The van der Waals surface area contributed by atoms with Crippen LogP contribution in [0.2, 0.25) is 0 Å². The summed E-state index contributed by atoms with van der Waals surface area (Å²) in [5.74, 6) is -0.345. The largest absolute Gasteiger partial charge is 0.300 e. The van der Waals surface area contributed by atoms with Gasteiger partial charge in [0.1, 0.15) is 34.7 Å². The highest BCUT2D eigenvalue weighted by Gasteiger charge is 2.43. The first-order chi connectivity index (χ1) is 18.8. The summed E-state index contributed by atoms with van der Waals surface area (Å²) >= 11 is 0. The van der Waals surface area contributed by atoms with Crippen LogP contribution in [0.15, 0.2) is 0 Å². The molecule has 0 spiro atoms. The molecule has 10 nitrogen and oxygen atoms in total. The molecule has 0 aliphatic rings. The van der Waals surface area contributed by atoms with Gasteiger partial charge in [-0.2, -0.15) is 0 Å². The van der Waals surface area contributed by atoms with Crippen molar-refractivity contribution in [2.45, 2.75) is 112 Å². The van der Waals surface area contributed by atoms with E-state index >= 15 is 4.57 Å². The monoisotopic (exact) mass is 585 g/mol. The molecule has 0 saturated heterocycles. The number of hydrogen-bond acceptors (Lipinski definition) is 7. The van der Waals surface area contributed by atoms with E-state index in [0.717, 1.165) is 0 Å². The average Bonchev–Trinajstić information content (AvgIpc) is 2.87. The number of carbonyl (C=O) groups is 6. The van der Waals surface area contributed by atoms with Crippen molar-refractivity contribution in [2.75, 3.05) is 39.3 Å². The Balaban J connectivity index is 6.89. The Morgan fingerprint density at radius 2 is 0.725 bits per heavy atom.